The standard InChI is InChI=1S/C10H21NO/c1-3-12-7-6-11-9(2)8-10-4-5-10/h9-11H,3-8H2,1-2H3. The molecule has 0 aliphatic heterocycles. The van der Waals surface area contributed by atoms with E-state index in [1.165, 1.54) is 19.3 Å². The highest BCUT2D eigenvalue weighted by Crippen LogP contribution is 2.33. The molecule has 72 valence electrons. The van der Waals surface area contributed by atoms with Gasteiger partial charge in [0.2, 0.25) is 0 Å². The SMILES string of the molecule is CCOCCNC(C)CC1CC1. The van der Waals surface area contributed by atoms with Crippen molar-refractivity contribution in [3.05, 3.63) is 0 Å². The molecular weight excluding hydrogens is 150 g/mol. The second kappa shape index (κ2) is 5.55. The summed E-state index contributed by atoms with van der Waals surface area (Å²) >= 11 is 0. The molecule has 0 bridgehead atoms. The molecule has 1 atom stereocenters. The fourth-order valence-corrected chi connectivity index (χ4v) is 1.46. The second-order valence-corrected chi connectivity index (χ2v) is 3.73. The first kappa shape index (κ1) is 10.0. The Balaban J connectivity index is 1.83. The highest BCUT2D eigenvalue weighted by atomic mass is 16.5. The molecule has 0 aromatic heterocycles. The van der Waals surface area contributed by atoms with Gasteiger partial charge in [-0.2, -0.15) is 0 Å². The summed E-state index contributed by atoms with van der Waals surface area (Å²) < 4.78 is 5.24. The van der Waals surface area contributed by atoms with Crippen molar-refractivity contribution in [3.63, 3.8) is 0 Å². The maximum Gasteiger partial charge on any atom is 0.0590 e. The predicted molar refractivity (Wildman–Crippen MR) is 51.3 cm³/mol. The molecule has 1 fully saturated rings. The normalized spacial score (nSPS) is 19.5. The third kappa shape index (κ3) is 4.73. The molecule has 0 heterocycles. The maximum atomic E-state index is 5.24. The molecule has 0 spiro atoms. The molecule has 0 aromatic carbocycles. The van der Waals surface area contributed by atoms with Crippen LogP contribution in [0.25, 0.3) is 0 Å². The third-order valence-corrected chi connectivity index (χ3v) is 2.33. The average molecular weight is 171 g/mol. The molecule has 0 saturated heterocycles. The van der Waals surface area contributed by atoms with Crippen LogP contribution in [0, 0.1) is 5.92 Å². The summed E-state index contributed by atoms with van der Waals surface area (Å²) in [7, 11) is 0. The molecule has 0 amide bonds. The Kier molecular flexibility index (Phi) is 4.62. The highest BCUT2D eigenvalue weighted by Gasteiger charge is 2.22. The van der Waals surface area contributed by atoms with Gasteiger partial charge in [-0.3, -0.25) is 0 Å². The Morgan fingerprint density at radius 2 is 2.25 bits per heavy atom. The number of hydrogen-bond acceptors (Lipinski definition) is 2. The van der Waals surface area contributed by atoms with Crippen molar-refractivity contribution in [1.82, 2.24) is 5.32 Å². The third-order valence-electron chi connectivity index (χ3n) is 2.33. The van der Waals surface area contributed by atoms with Gasteiger partial charge in [-0.25, -0.2) is 0 Å². The van der Waals surface area contributed by atoms with E-state index < -0.39 is 0 Å². The largest absolute Gasteiger partial charge is 0.380 e. The molecule has 1 aliphatic carbocycles. The van der Waals surface area contributed by atoms with Crippen LogP contribution in [0.4, 0.5) is 0 Å². The zero-order valence-electron chi connectivity index (χ0n) is 8.31. The first-order chi connectivity index (χ1) is 5.83. The lowest BCUT2D eigenvalue weighted by atomic mass is 10.2. The molecule has 2 nitrogen and oxygen atoms in total. The van der Waals surface area contributed by atoms with Crippen molar-refractivity contribution < 1.29 is 4.74 Å². The van der Waals surface area contributed by atoms with Gasteiger partial charge in [-0.15, -0.1) is 0 Å². The van der Waals surface area contributed by atoms with Crippen LogP contribution in [0.3, 0.4) is 0 Å². The monoisotopic (exact) mass is 171 g/mol. The summed E-state index contributed by atoms with van der Waals surface area (Å²) in [5, 5.41) is 3.46. The minimum absolute atomic E-state index is 0.679. The number of nitrogens with one attached hydrogen (secondary N) is 1. The van der Waals surface area contributed by atoms with Crippen molar-refractivity contribution in [1.29, 1.82) is 0 Å². The summed E-state index contributed by atoms with van der Waals surface area (Å²) in [4.78, 5) is 0. The van der Waals surface area contributed by atoms with E-state index in [0.717, 1.165) is 25.7 Å². The molecule has 0 aromatic rings. The van der Waals surface area contributed by atoms with Crippen molar-refractivity contribution in [3.8, 4) is 0 Å². The molecule has 1 unspecified atom stereocenters. The quantitative estimate of drug-likeness (QED) is 0.590. The second-order valence-electron chi connectivity index (χ2n) is 3.73. The van der Waals surface area contributed by atoms with Gasteiger partial charge in [0.1, 0.15) is 0 Å². The number of ether oxygens (including phenoxy) is 1. The maximum absolute atomic E-state index is 5.24. The van der Waals surface area contributed by atoms with Gasteiger partial charge < -0.3 is 10.1 Å². The first-order valence-corrected chi connectivity index (χ1v) is 5.14. The van der Waals surface area contributed by atoms with Crippen molar-refractivity contribution in [2.24, 2.45) is 5.92 Å². The van der Waals surface area contributed by atoms with Gasteiger partial charge in [0.25, 0.3) is 0 Å². The van der Waals surface area contributed by atoms with Crippen LogP contribution in [0.5, 0.6) is 0 Å². The molecule has 1 N–H and O–H groups in total. The van der Waals surface area contributed by atoms with Crippen molar-refractivity contribution >= 4 is 0 Å². The summed E-state index contributed by atoms with van der Waals surface area (Å²) in [5.74, 6) is 1.03. The average Bonchev–Trinajstić information content (AvgIpc) is 2.82. The van der Waals surface area contributed by atoms with E-state index in [9.17, 15) is 0 Å². The lowest BCUT2D eigenvalue weighted by Crippen LogP contribution is -2.29. The molecule has 12 heavy (non-hydrogen) atoms. The lowest BCUT2D eigenvalue weighted by molar-refractivity contribution is 0.146. The Morgan fingerprint density at radius 1 is 1.50 bits per heavy atom. The van der Waals surface area contributed by atoms with Crippen molar-refractivity contribution in [2.75, 3.05) is 19.8 Å². The Hall–Kier alpha value is -0.0800. The zero-order chi connectivity index (χ0) is 8.81. The van der Waals surface area contributed by atoms with Crippen LogP contribution in [-0.4, -0.2) is 25.8 Å². The Morgan fingerprint density at radius 3 is 2.83 bits per heavy atom. The van der Waals surface area contributed by atoms with Crippen LogP contribution < -0.4 is 5.32 Å². The Labute approximate surface area is 75.7 Å². The van der Waals surface area contributed by atoms with Gasteiger partial charge in [0, 0.05) is 19.2 Å². The van der Waals surface area contributed by atoms with Gasteiger partial charge in [-0.05, 0) is 26.2 Å². The summed E-state index contributed by atoms with van der Waals surface area (Å²) in [6.07, 6.45) is 4.26. The lowest BCUT2D eigenvalue weighted by Gasteiger charge is -2.12. The summed E-state index contributed by atoms with van der Waals surface area (Å²) in [6.45, 7) is 6.99. The van der Waals surface area contributed by atoms with E-state index in [1.54, 1.807) is 0 Å². The topological polar surface area (TPSA) is 21.3 Å². The van der Waals surface area contributed by atoms with Crippen LogP contribution in [0.1, 0.15) is 33.1 Å². The number of hydrogen-bond donors (Lipinski definition) is 1. The van der Waals surface area contributed by atoms with Gasteiger partial charge in [0.05, 0.1) is 6.61 Å². The summed E-state index contributed by atoms with van der Waals surface area (Å²) in [5.41, 5.74) is 0. The van der Waals surface area contributed by atoms with E-state index >= 15 is 0 Å². The molecular formula is C10H21NO. The fourth-order valence-electron chi connectivity index (χ4n) is 1.46. The molecule has 1 rings (SSSR count). The minimum atomic E-state index is 0.679. The predicted octanol–water partition coefficient (Wildman–Crippen LogP) is 1.80. The van der Waals surface area contributed by atoms with Gasteiger partial charge in [0.15, 0.2) is 0 Å². The van der Waals surface area contributed by atoms with Gasteiger partial charge in [-0.1, -0.05) is 12.8 Å². The number of rotatable bonds is 7. The Bertz CT molecular complexity index is 112. The van der Waals surface area contributed by atoms with Crippen LogP contribution in [0.15, 0.2) is 0 Å². The molecule has 2 heteroatoms. The van der Waals surface area contributed by atoms with E-state index in [0.29, 0.717) is 6.04 Å². The van der Waals surface area contributed by atoms with Crippen molar-refractivity contribution in [2.45, 2.75) is 39.2 Å². The highest BCUT2D eigenvalue weighted by molar-refractivity contribution is 4.77. The first-order valence-electron chi connectivity index (χ1n) is 5.14. The van der Waals surface area contributed by atoms with Crippen LogP contribution in [-0.2, 0) is 4.74 Å². The van der Waals surface area contributed by atoms with E-state index in [1.807, 2.05) is 6.92 Å². The summed E-state index contributed by atoms with van der Waals surface area (Å²) in [6, 6.07) is 0.679. The van der Waals surface area contributed by atoms with Crippen LogP contribution >= 0.6 is 0 Å². The van der Waals surface area contributed by atoms with Crippen LogP contribution in [0.2, 0.25) is 0 Å². The van der Waals surface area contributed by atoms with Gasteiger partial charge >= 0.3 is 0 Å². The van der Waals surface area contributed by atoms with E-state index in [2.05, 4.69) is 12.2 Å². The molecule has 1 saturated carbocycles. The molecule has 1 aliphatic rings. The van der Waals surface area contributed by atoms with E-state index in [-0.39, 0.29) is 0 Å². The van der Waals surface area contributed by atoms with E-state index in [4.69, 9.17) is 4.74 Å². The smallest absolute Gasteiger partial charge is 0.0590 e. The fraction of sp³-hybridized carbons (Fsp3) is 1.00. The molecule has 0 radical (unpaired) electrons. The minimum Gasteiger partial charge on any atom is -0.380 e. The zero-order valence-corrected chi connectivity index (χ0v) is 8.31.